The molecule has 4 rings (SSSR count). The van der Waals surface area contributed by atoms with Crippen LogP contribution < -0.4 is 4.74 Å². The highest BCUT2D eigenvalue weighted by molar-refractivity contribution is 5.90. The third-order valence-electron chi connectivity index (χ3n) is 5.39. The van der Waals surface area contributed by atoms with Gasteiger partial charge >= 0.3 is 5.97 Å². The van der Waals surface area contributed by atoms with E-state index in [1.807, 2.05) is 53.4 Å². The van der Waals surface area contributed by atoms with E-state index in [1.54, 1.807) is 11.7 Å². The molecule has 1 saturated heterocycles. The second-order valence-electron chi connectivity index (χ2n) is 7.26. The topological polar surface area (TPSA) is 84.7 Å². The summed E-state index contributed by atoms with van der Waals surface area (Å²) in [5.41, 5.74) is 2.34. The number of likely N-dealkylation sites (tertiary alicyclic amines) is 1. The van der Waals surface area contributed by atoms with Crippen molar-refractivity contribution in [1.82, 2.24) is 14.5 Å². The third kappa shape index (κ3) is 3.81. The summed E-state index contributed by atoms with van der Waals surface area (Å²) in [6.07, 6.45) is 1.92. The Labute approximate surface area is 168 Å². The molecule has 2 heterocycles. The molecule has 1 atom stereocenters. The van der Waals surface area contributed by atoms with Gasteiger partial charge in [-0.05, 0) is 42.7 Å². The van der Waals surface area contributed by atoms with Crippen LogP contribution in [-0.4, -0.2) is 51.6 Å². The molecule has 1 aromatic heterocycles. The minimum absolute atomic E-state index is 0.0262. The van der Waals surface area contributed by atoms with Crippen LogP contribution in [0, 0.1) is 0 Å². The zero-order chi connectivity index (χ0) is 20.4. The van der Waals surface area contributed by atoms with Gasteiger partial charge in [-0.1, -0.05) is 24.3 Å². The number of hydrogen-bond donors (Lipinski definition) is 1. The van der Waals surface area contributed by atoms with Gasteiger partial charge in [0.1, 0.15) is 5.75 Å². The van der Waals surface area contributed by atoms with Crippen LogP contribution in [-0.2, 0) is 11.2 Å². The smallest absolute Gasteiger partial charge is 0.372 e. The minimum atomic E-state index is -1.05. The molecule has 1 unspecified atom stereocenters. The maximum Gasteiger partial charge on any atom is 0.372 e. The summed E-state index contributed by atoms with van der Waals surface area (Å²) in [5, 5.41) is 9.64. The Morgan fingerprint density at radius 2 is 2.03 bits per heavy atom. The van der Waals surface area contributed by atoms with Crippen LogP contribution in [0.25, 0.3) is 11.0 Å². The number of benzene rings is 2. The lowest BCUT2D eigenvalue weighted by atomic mass is 10.0. The summed E-state index contributed by atoms with van der Waals surface area (Å²) in [6.45, 7) is 1.15. The van der Waals surface area contributed by atoms with E-state index in [2.05, 4.69) is 4.98 Å². The van der Waals surface area contributed by atoms with Gasteiger partial charge in [-0.15, -0.1) is 0 Å². The number of ether oxygens (including phenoxy) is 1. The fraction of sp³-hybridized carbons (Fsp3) is 0.318. The third-order valence-corrected chi connectivity index (χ3v) is 5.39. The number of amides is 1. The number of carbonyl (C=O) groups excluding carboxylic acids is 1. The fourth-order valence-electron chi connectivity index (χ4n) is 4.03. The van der Waals surface area contributed by atoms with E-state index < -0.39 is 5.97 Å². The average Bonchev–Trinajstić information content (AvgIpc) is 3.14. The number of imidazole rings is 1. The summed E-state index contributed by atoms with van der Waals surface area (Å²) in [7, 11) is 1.60. The van der Waals surface area contributed by atoms with Crippen molar-refractivity contribution in [2.24, 2.45) is 0 Å². The van der Waals surface area contributed by atoms with Crippen molar-refractivity contribution in [1.29, 1.82) is 0 Å². The number of carboxylic acid groups (broad SMARTS) is 1. The van der Waals surface area contributed by atoms with Gasteiger partial charge in [0.25, 0.3) is 0 Å². The van der Waals surface area contributed by atoms with Gasteiger partial charge in [0, 0.05) is 13.1 Å². The molecule has 0 aliphatic carbocycles. The van der Waals surface area contributed by atoms with Crippen LogP contribution in [0.15, 0.2) is 48.5 Å². The Morgan fingerprint density at radius 3 is 2.83 bits per heavy atom. The van der Waals surface area contributed by atoms with Crippen LogP contribution in [0.3, 0.4) is 0 Å². The number of carbonyl (C=O) groups is 2. The van der Waals surface area contributed by atoms with Crippen molar-refractivity contribution in [3.8, 4) is 5.75 Å². The number of rotatable bonds is 5. The van der Waals surface area contributed by atoms with Crippen molar-refractivity contribution < 1.29 is 19.4 Å². The molecule has 7 heteroatoms. The molecule has 1 aliphatic heterocycles. The highest BCUT2D eigenvalue weighted by Crippen LogP contribution is 2.28. The van der Waals surface area contributed by atoms with Gasteiger partial charge in [-0.3, -0.25) is 4.79 Å². The maximum atomic E-state index is 12.9. The first-order valence-electron chi connectivity index (χ1n) is 9.68. The first-order valence-corrected chi connectivity index (χ1v) is 9.68. The maximum absolute atomic E-state index is 12.9. The lowest BCUT2D eigenvalue weighted by Gasteiger charge is -2.34. The number of hydrogen-bond acceptors (Lipinski definition) is 4. The highest BCUT2D eigenvalue weighted by Gasteiger charge is 2.29. The second kappa shape index (κ2) is 7.95. The van der Waals surface area contributed by atoms with Gasteiger partial charge in [0.05, 0.1) is 30.6 Å². The molecule has 1 aliphatic rings. The normalized spacial score (nSPS) is 16.7. The first kappa shape index (κ1) is 19.0. The molecule has 1 amide bonds. The van der Waals surface area contributed by atoms with Crippen molar-refractivity contribution in [3.05, 3.63) is 59.9 Å². The van der Waals surface area contributed by atoms with Gasteiger partial charge in [0.15, 0.2) is 0 Å². The number of aromatic nitrogens is 2. The van der Waals surface area contributed by atoms with E-state index in [0.717, 1.165) is 29.7 Å². The standard InChI is InChI=1S/C22H23N3O4/c1-29-17-8-4-6-15(12-17)13-20(26)24-11-5-7-16(14-24)25-19-10-3-2-9-18(19)23-21(25)22(27)28/h2-4,6,8-10,12,16H,5,7,11,13-14H2,1H3,(H,27,28). The summed E-state index contributed by atoms with van der Waals surface area (Å²) >= 11 is 0. The van der Waals surface area contributed by atoms with Crippen LogP contribution in [0.5, 0.6) is 5.75 Å². The molecule has 0 saturated carbocycles. The number of nitrogens with zero attached hydrogens (tertiary/aromatic N) is 3. The molecule has 0 radical (unpaired) electrons. The molecular formula is C22H23N3O4. The van der Waals surface area contributed by atoms with E-state index in [4.69, 9.17) is 4.74 Å². The molecule has 3 aromatic rings. The van der Waals surface area contributed by atoms with Gasteiger partial charge in [0.2, 0.25) is 11.7 Å². The molecule has 2 aromatic carbocycles. The Bertz CT molecular complexity index is 1060. The van der Waals surface area contributed by atoms with Crippen molar-refractivity contribution in [2.45, 2.75) is 25.3 Å². The predicted molar refractivity (Wildman–Crippen MR) is 108 cm³/mol. The van der Waals surface area contributed by atoms with Crippen LogP contribution >= 0.6 is 0 Å². The minimum Gasteiger partial charge on any atom is -0.497 e. The summed E-state index contributed by atoms with van der Waals surface area (Å²) in [6, 6.07) is 14.8. The van der Waals surface area contributed by atoms with Crippen molar-refractivity contribution in [2.75, 3.05) is 20.2 Å². The fourth-order valence-corrected chi connectivity index (χ4v) is 4.03. The second-order valence-corrected chi connectivity index (χ2v) is 7.26. The molecule has 29 heavy (non-hydrogen) atoms. The summed E-state index contributed by atoms with van der Waals surface area (Å²) < 4.78 is 7.01. The molecule has 1 N–H and O–H groups in total. The number of fused-ring (bicyclic) bond motifs is 1. The van der Waals surface area contributed by atoms with Crippen LogP contribution in [0.4, 0.5) is 0 Å². The summed E-state index contributed by atoms with van der Waals surface area (Å²) in [5.74, 6) is -0.272. The van der Waals surface area contributed by atoms with E-state index >= 15 is 0 Å². The predicted octanol–water partition coefficient (Wildman–Crippen LogP) is 3.15. The molecule has 0 bridgehead atoms. The number of aromatic carboxylic acids is 1. The lowest BCUT2D eigenvalue weighted by molar-refractivity contribution is -0.132. The Balaban J connectivity index is 1.57. The molecule has 7 nitrogen and oxygen atoms in total. The molecule has 1 fully saturated rings. The SMILES string of the molecule is COc1cccc(CC(=O)N2CCCC(n3c(C(=O)O)nc4ccccc43)C2)c1. The van der Waals surface area contributed by atoms with E-state index in [1.165, 1.54) is 0 Å². The van der Waals surface area contributed by atoms with Gasteiger partial charge < -0.3 is 19.3 Å². The number of para-hydroxylation sites is 2. The molecular weight excluding hydrogens is 370 g/mol. The van der Waals surface area contributed by atoms with Gasteiger partial charge in [-0.2, -0.15) is 0 Å². The molecule has 0 spiro atoms. The van der Waals surface area contributed by atoms with Crippen molar-refractivity contribution >= 4 is 22.9 Å². The highest BCUT2D eigenvalue weighted by atomic mass is 16.5. The number of piperidine rings is 1. The van der Waals surface area contributed by atoms with Gasteiger partial charge in [-0.25, -0.2) is 9.78 Å². The quantitative estimate of drug-likeness (QED) is 0.720. The average molecular weight is 393 g/mol. The van der Waals surface area contributed by atoms with E-state index in [0.29, 0.717) is 25.0 Å². The van der Waals surface area contributed by atoms with Crippen LogP contribution in [0.1, 0.15) is 35.1 Å². The largest absolute Gasteiger partial charge is 0.497 e. The van der Waals surface area contributed by atoms with Crippen molar-refractivity contribution in [3.63, 3.8) is 0 Å². The number of carboxylic acids is 1. The summed E-state index contributed by atoms with van der Waals surface area (Å²) in [4.78, 5) is 30.8. The molecule has 150 valence electrons. The zero-order valence-corrected chi connectivity index (χ0v) is 16.2. The lowest BCUT2D eigenvalue weighted by Crippen LogP contribution is -2.42. The Morgan fingerprint density at radius 1 is 1.21 bits per heavy atom. The zero-order valence-electron chi connectivity index (χ0n) is 16.2. The Kier molecular flexibility index (Phi) is 5.20. The Hall–Kier alpha value is -3.35. The monoisotopic (exact) mass is 393 g/mol. The van der Waals surface area contributed by atoms with E-state index in [9.17, 15) is 14.7 Å². The van der Waals surface area contributed by atoms with E-state index in [-0.39, 0.29) is 17.8 Å². The van der Waals surface area contributed by atoms with Crippen LogP contribution in [0.2, 0.25) is 0 Å². The number of methoxy groups -OCH3 is 1. The first-order chi connectivity index (χ1) is 14.1.